The van der Waals surface area contributed by atoms with Gasteiger partial charge in [-0.25, -0.2) is 13.4 Å². The number of nitrogens with zero attached hydrogens (tertiary/aromatic N) is 3. The zero-order valence-corrected chi connectivity index (χ0v) is 19.1. The fourth-order valence-corrected chi connectivity index (χ4v) is 5.70. The molecular formula is C20H21ClN4O4S2. The Morgan fingerprint density at radius 2 is 1.87 bits per heavy atom. The van der Waals surface area contributed by atoms with E-state index in [-0.39, 0.29) is 17.4 Å². The van der Waals surface area contributed by atoms with E-state index in [1.54, 1.807) is 42.5 Å². The number of benzene rings is 2. The highest BCUT2D eigenvalue weighted by Gasteiger charge is 2.27. The number of ether oxygens (including phenoxy) is 1. The van der Waals surface area contributed by atoms with Gasteiger partial charge in [0.25, 0.3) is 5.91 Å². The van der Waals surface area contributed by atoms with Crippen LogP contribution in [0.3, 0.4) is 0 Å². The topological polar surface area (TPSA) is 91.8 Å². The molecule has 0 atom stereocenters. The lowest BCUT2D eigenvalue weighted by Gasteiger charge is -2.31. The van der Waals surface area contributed by atoms with E-state index < -0.39 is 10.0 Å². The zero-order chi connectivity index (χ0) is 22.0. The largest absolute Gasteiger partial charge is 0.484 e. The van der Waals surface area contributed by atoms with Crippen LogP contribution in [-0.4, -0.2) is 68.3 Å². The Hall–Kier alpha value is -2.24. The Kier molecular flexibility index (Phi) is 6.44. The summed E-state index contributed by atoms with van der Waals surface area (Å²) >= 11 is 7.04. The summed E-state index contributed by atoms with van der Waals surface area (Å²) in [6.45, 7) is 2.16. The summed E-state index contributed by atoms with van der Waals surface area (Å²) < 4.78 is 33.5. The van der Waals surface area contributed by atoms with Gasteiger partial charge in [-0.15, -0.1) is 0 Å². The first-order valence-corrected chi connectivity index (χ1v) is 12.2. The molecule has 2 aromatic carbocycles. The van der Waals surface area contributed by atoms with Crippen molar-refractivity contribution in [3.63, 3.8) is 0 Å². The van der Waals surface area contributed by atoms with E-state index in [1.165, 1.54) is 15.6 Å². The van der Waals surface area contributed by atoms with E-state index in [4.69, 9.17) is 16.3 Å². The second kappa shape index (κ2) is 9.09. The van der Waals surface area contributed by atoms with Crippen LogP contribution in [0.1, 0.15) is 0 Å². The van der Waals surface area contributed by atoms with Gasteiger partial charge in [0, 0.05) is 31.2 Å². The first-order valence-electron chi connectivity index (χ1n) is 9.59. The molecule has 0 saturated carbocycles. The van der Waals surface area contributed by atoms with Crippen LogP contribution in [0.15, 0.2) is 47.4 Å². The first kappa shape index (κ1) is 22.0. The molecule has 1 saturated heterocycles. The Morgan fingerprint density at radius 1 is 1.16 bits per heavy atom. The highest BCUT2D eigenvalue weighted by atomic mass is 35.5. The van der Waals surface area contributed by atoms with Gasteiger partial charge in [0.05, 0.1) is 15.1 Å². The van der Waals surface area contributed by atoms with Crippen molar-refractivity contribution in [2.24, 2.45) is 0 Å². The standard InChI is InChI=1S/C20H21ClN4O4S2/c1-24-8-10-25(11-9-24)31(27,28)16-6-7-17-18(12-16)30-20(22-17)23-19(26)13-29-15-4-2-14(21)3-5-15/h2-7,12H,8-11,13H2,1H3,(H,22,23,26). The van der Waals surface area contributed by atoms with Crippen LogP contribution in [0.25, 0.3) is 10.2 Å². The number of thiazole rings is 1. The second-order valence-electron chi connectivity index (χ2n) is 7.15. The van der Waals surface area contributed by atoms with E-state index in [9.17, 15) is 13.2 Å². The van der Waals surface area contributed by atoms with Crippen molar-refractivity contribution >= 4 is 54.2 Å². The van der Waals surface area contributed by atoms with Gasteiger partial charge < -0.3 is 9.64 Å². The minimum absolute atomic E-state index is 0.180. The van der Waals surface area contributed by atoms with E-state index in [1.807, 2.05) is 7.05 Å². The number of piperazine rings is 1. The molecule has 0 aliphatic carbocycles. The molecule has 1 aliphatic rings. The molecule has 1 amide bonds. The monoisotopic (exact) mass is 480 g/mol. The van der Waals surface area contributed by atoms with Crippen molar-refractivity contribution in [2.45, 2.75) is 4.90 Å². The maximum Gasteiger partial charge on any atom is 0.264 e. The molecule has 11 heteroatoms. The number of fused-ring (bicyclic) bond motifs is 1. The third-order valence-electron chi connectivity index (χ3n) is 4.89. The van der Waals surface area contributed by atoms with E-state index >= 15 is 0 Å². The Balaban J connectivity index is 1.43. The van der Waals surface area contributed by atoms with Gasteiger partial charge in [-0.3, -0.25) is 10.1 Å². The fourth-order valence-electron chi connectivity index (χ4n) is 3.13. The Morgan fingerprint density at radius 3 is 2.58 bits per heavy atom. The molecule has 1 aliphatic heterocycles. The average Bonchev–Trinajstić information content (AvgIpc) is 3.15. The molecule has 2 heterocycles. The fraction of sp³-hybridized carbons (Fsp3) is 0.300. The van der Waals surface area contributed by atoms with Gasteiger partial charge in [-0.1, -0.05) is 22.9 Å². The van der Waals surface area contributed by atoms with Crippen LogP contribution in [0.5, 0.6) is 5.75 Å². The van der Waals surface area contributed by atoms with Crippen molar-refractivity contribution in [3.8, 4) is 5.75 Å². The smallest absolute Gasteiger partial charge is 0.264 e. The number of amides is 1. The van der Waals surface area contributed by atoms with Crippen LogP contribution < -0.4 is 10.1 Å². The lowest BCUT2D eigenvalue weighted by Crippen LogP contribution is -2.46. The molecule has 0 unspecified atom stereocenters. The molecule has 3 aromatic rings. The average molecular weight is 481 g/mol. The molecule has 31 heavy (non-hydrogen) atoms. The number of carbonyl (C=O) groups excluding carboxylic acids is 1. The van der Waals surface area contributed by atoms with E-state index in [0.29, 0.717) is 52.3 Å². The van der Waals surface area contributed by atoms with E-state index in [0.717, 1.165) is 0 Å². The maximum atomic E-state index is 13.0. The van der Waals surface area contributed by atoms with Crippen molar-refractivity contribution in [1.29, 1.82) is 0 Å². The van der Waals surface area contributed by atoms with Crippen LogP contribution >= 0.6 is 22.9 Å². The maximum absolute atomic E-state index is 13.0. The molecule has 4 rings (SSSR count). The van der Waals surface area contributed by atoms with Gasteiger partial charge in [0.1, 0.15) is 5.75 Å². The van der Waals surface area contributed by atoms with Crippen molar-refractivity contribution in [3.05, 3.63) is 47.5 Å². The molecular weight excluding hydrogens is 460 g/mol. The van der Waals surface area contributed by atoms with Crippen LogP contribution in [0.4, 0.5) is 5.13 Å². The van der Waals surface area contributed by atoms with Gasteiger partial charge in [0.15, 0.2) is 11.7 Å². The number of hydrogen-bond donors (Lipinski definition) is 1. The number of sulfonamides is 1. The van der Waals surface area contributed by atoms with Crippen molar-refractivity contribution in [1.82, 2.24) is 14.2 Å². The summed E-state index contributed by atoms with van der Waals surface area (Å²) in [6, 6.07) is 11.5. The Bertz CT molecular complexity index is 1190. The predicted molar refractivity (Wildman–Crippen MR) is 121 cm³/mol. The van der Waals surface area contributed by atoms with Crippen LogP contribution in [0, 0.1) is 0 Å². The Labute approximate surface area is 189 Å². The number of hydrogen-bond acceptors (Lipinski definition) is 7. The first-order chi connectivity index (χ1) is 14.8. The number of halogens is 1. The summed E-state index contributed by atoms with van der Waals surface area (Å²) in [5.74, 6) is 0.168. The van der Waals surface area contributed by atoms with Gasteiger partial charge in [-0.2, -0.15) is 4.31 Å². The SMILES string of the molecule is CN1CCN(S(=O)(=O)c2ccc3nc(NC(=O)COc4ccc(Cl)cc4)sc3c2)CC1. The number of likely N-dealkylation sites (N-methyl/N-ethyl adjacent to an activating group) is 1. The van der Waals surface area contributed by atoms with Crippen molar-refractivity contribution in [2.75, 3.05) is 45.2 Å². The molecule has 164 valence electrons. The van der Waals surface area contributed by atoms with Gasteiger partial charge in [-0.05, 0) is 49.5 Å². The lowest BCUT2D eigenvalue weighted by molar-refractivity contribution is -0.118. The molecule has 8 nitrogen and oxygen atoms in total. The molecule has 0 spiro atoms. The third kappa shape index (κ3) is 5.16. The summed E-state index contributed by atoms with van der Waals surface area (Å²) in [5.41, 5.74) is 0.622. The normalized spacial score (nSPS) is 15.8. The number of anilines is 1. The summed E-state index contributed by atoms with van der Waals surface area (Å²) in [4.78, 5) is 18.9. The summed E-state index contributed by atoms with van der Waals surface area (Å²) in [5, 5.41) is 3.66. The minimum Gasteiger partial charge on any atom is -0.484 e. The van der Waals surface area contributed by atoms with Gasteiger partial charge in [0.2, 0.25) is 10.0 Å². The molecule has 0 radical (unpaired) electrons. The van der Waals surface area contributed by atoms with Crippen LogP contribution in [-0.2, 0) is 14.8 Å². The molecule has 1 N–H and O–H groups in total. The highest BCUT2D eigenvalue weighted by molar-refractivity contribution is 7.89. The highest BCUT2D eigenvalue weighted by Crippen LogP contribution is 2.29. The number of rotatable bonds is 6. The zero-order valence-electron chi connectivity index (χ0n) is 16.7. The molecule has 0 bridgehead atoms. The second-order valence-corrected chi connectivity index (χ2v) is 10.6. The summed E-state index contributed by atoms with van der Waals surface area (Å²) in [7, 11) is -1.59. The number of carbonyl (C=O) groups is 1. The number of aromatic nitrogens is 1. The number of nitrogens with one attached hydrogen (secondary N) is 1. The molecule has 1 aromatic heterocycles. The quantitative estimate of drug-likeness (QED) is 0.583. The van der Waals surface area contributed by atoms with Crippen molar-refractivity contribution < 1.29 is 17.9 Å². The minimum atomic E-state index is -3.56. The third-order valence-corrected chi connectivity index (χ3v) is 7.97. The molecule has 1 fully saturated rings. The summed E-state index contributed by atoms with van der Waals surface area (Å²) in [6.07, 6.45) is 0. The van der Waals surface area contributed by atoms with Crippen LogP contribution in [0.2, 0.25) is 5.02 Å². The predicted octanol–water partition coefficient (Wildman–Crippen LogP) is 2.90. The van der Waals surface area contributed by atoms with Gasteiger partial charge >= 0.3 is 0 Å². The lowest BCUT2D eigenvalue weighted by atomic mass is 10.3. The van der Waals surface area contributed by atoms with E-state index in [2.05, 4.69) is 15.2 Å².